The normalized spacial score (nSPS) is 17.2. The summed E-state index contributed by atoms with van der Waals surface area (Å²) in [5, 5.41) is 27.9. The average Bonchev–Trinajstić information content (AvgIpc) is 3.11. The highest BCUT2D eigenvalue weighted by atomic mass is 31.2. The highest BCUT2D eigenvalue weighted by molar-refractivity contribution is 7.72. The van der Waals surface area contributed by atoms with Crippen LogP contribution in [0.3, 0.4) is 0 Å². The van der Waals surface area contributed by atoms with E-state index in [9.17, 15) is 19.1 Å². The fourth-order valence-electron chi connectivity index (χ4n) is 3.61. The van der Waals surface area contributed by atoms with E-state index in [1.54, 1.807) is 14.0 Å². The Balaban J connectivity index is 1.86. The maximum absolute atomic E-state index is 14.5. The van der Waals surface area contributed by atoms with E-state index >= 15 is 0 Å². The molecule has 1 aliphatic rings. The molecule has 1 aliphatic heterocycles. The molecule has 4 rings (SSSR count). The van der Waals surface area contributed by atoms with Crippen molar-refractivity contribution in [2.45, 2.75) is 19.9 Å². The van der Waals surface area contributed by atoms with Crippen molar-refractivity contribution in [1.29, 1.82) is 5.26 Å². The van der Waals surface area contributed by atoms with Gasteiger partial charge in [-0.1, -0.05) is 0 Å². The highest BCUT2D eigenvalue weighted by Gasteiger charge is 2.43. The highest BCUT2D eigenvalue weighted by Crippen LogP contribution is 2.53. The number of anilines is 1. The van der Waals surface area contributed by atoms with Crippen molar-refractivity contribution in [3.63, 3.8) is 0 Å². The summed E-state index contributed by atoms with van der Waals surface area (Å²) in [5.74, 6) is 0.261. The molecule has 3 aromatic rings. The molecule has 0 saturated carbocycles. The second kappa shape index (κ2) is 8.48. The molecule has 0 spiro atoms. The number of hydrogen-bond donors (Lipinski definition) is 1. The number of hydrogen-bond acceptors (Lipinski definition) is 6. The molecule has 2 heterocycles. The van der Waals surface area contributed by atoms with E-state index in [1.165, 1.54) is 57.9 Å². The standard InChI is InChI=1S/C21H19FN7O3P/c1-14-19-21(28(25-14)13-3-12-23)24-20(15-4-6-16(22)7-5-15)27(2)33(19,32)26-17-8-10-18(11-9-17)29(30)31/h4-11H,3,13H2,1-2H3,(H,26,32)/t33-/m1/s1. The molecule has 0 bridgehead atoms. The van der Waals surface area contributed by atoms with Crippen LogP contribution < -0.4 is 10.4 Å². The molecule has 0 saturated heterocycles. The smallest absolute Gasteiger partial charge is 0.296 e. The Hall–Kier alpha value is -4.03. The Morgan fingerprint density at radius 3 is 2.48 bits per heavy atom. The number of halogens is 1. The van der Waals surface area contributed by atoms with Gasteiger partial charge < -0.3 is 5.09 Å². The number of nitrogens with zero attached hydrogens (tertiary/aromatic N) is 6. The van der Waals surface area contributed by atoms with E-state index in [-0.39, 0.29) is 18.7 Å². The van der Waals surface area contributed by atoms with Gasteiger partial charge in [0.1, 0.15) is 17.0 Å². The zero-order chi connectivity index (χ0) is 23.8. The van der Waals surface area contributed by atoms with E-state index in [1.807, 2.05) is 0 Å². The molecule has 12 heteroatoms. The van der Waals surface area contributed by atoms with Gasteiger partial charge in [0.2, 0.25) is 0 Å². The van der Waals surface area contributed by atoms with Gasteiger partial charge in [-0.25, -0.2) is 14.1 Å². The van der Waals surface area contributed by atoms with Crippen LogP contribution in [0.25, 0.3) is 0 Å². The molecule has 0 amide bonds. The molecule has 1 aromatic heterocycles. The lowest BCUT2D eigenvalue weighted by atomic mass is 10.2. The molecular weight excluding hydrogens is 448 g/mol. The monoisotopic (exact) mass is 467 g/mol. The van der Waals surface area contributed by atoms with Gasteiger partial charge in [0.25, 0.3) is 13.1 Å². The van der Waals surface area contributed by atoms with Crippen LogP contribution in [0.1, 0.15) is 17.7 Å². The lowest BCUT2D eigenvalue weighted by Gasteiger charge is -2.35. The summed E-state index contributed by atoms with van der Waals surface area (Å²) in [6.45, 7) is 1.96. The third kappa shape index (κ3) is 3.97. The fraction of sp³-hybridized carbons (Fsp3) is 0.190. The number of amidine groups is 1. The number of benzene rings is 2. The minimum Gasteiger partial charge on any atom is -0.317 e. The van der Waals surface area contributed by atoms with E-state index in [4.69, 9.17) is 5.26 Å². The van der Waals surface area contributed by atoms with Gasteiger partial charge in [-0.15, -0.1) is 0 Å². The van der Waals surface area contributed by atoms with Crippen LogP contribution in [0.2, 0.25) is 0 Å². The van der Waals surface area contributed by atoms with Crippen LogP contribution in [0.4, 0.5) is 21.6 Å². The minimum absolute atomic E-state index is 0.0920. The first-order valence-corrected chi connectivity index (χ1v) is 11.6. The van der Waals surface area contributed by atoms with Gasteiger partial charge in [-0.05, 0) is 43.3 Å². The van der Waals surface area contributed by atoms with Gasteiger partial charge in [0.05, 0.1) is 29.7 Å². The van der Waals surface area contributed by atoms with E-state index in [2.05, 4.69) is 21.2 Å². The minimum atomic E-state index is -3.61. The number of nitro benzene ring substituents is 1. The first-order valence-electron chi connectivity index (χ1n) is 9.91. The van der Waals surface area contributed by atoms with Crippen LogP contribution in [0, 0.1) is 34.2 Å². The van der Waals surface area contributed by atoms with Crippen LogP contribution >= 0.6 is 7.44 Å². The number of nitro groups is 1. The number of non-ortho nitro benzene ring substituents is 1. The molecule has 168 valence electrons. The summed E-state index contributed by atoms with van der Waals surface area (Å²) in [6, 6.07) is 13.3. The van der Waals surface area contributed by atoms with Gasteiger partial charge in [0, 0.05) is 30.4 Å². The Morgan fingerprint density at radius 2 is 1.88 bits per heavy atom. The SMILES string of the molecule is Cc1nn(CCC#N)c2c1[P@@](=O)(Nc1ccc([N+](=O)[O-])cc1)N(C)C(c1ccc(F)cc1)=N2. The number of nitrogens with one attached hydrogen (secondary N) is 1. The van der Waals surface area contributed by atoms with Crippen molar-refractivity contribution in [1.82, 2.24) is 14.5 Å². The number of aliphatic imine (C=N–C) groups is 1. The molecule has 0 unspecified atom stereocenters. The summed E-state index contributed by atoms with van der Waals surface area (Å²) in [5.41, 5.74) is 1.34. The maximum atomic E-state index is 14.5. The van der Waals surface area contributed by atoms with Crippen LogP contribution in [-0.4, -0.2) is 32.3 Å². The van der Waals surface area contributed by atoms with E-state index in [0.29, 0.717) is 33.9 Å². The van der Waals surface area contributed by atoms with Crippen LogP contribution in [0.5, 0.6) is 0 Å². The van der Waals surface area contributed by atoms with Crippen LogP contribution in [-0.2, 0) is 11.1 Å². The Bertz CT molecular complexity index is 1340. The molecular formula is C21H19FN7O3P. The summed E-state index contributed by atoms with van der Waals surface area (Å²) < 4.78 is 31.1. The molecule has 1 N–H and O–H groups in total. The predicted octanol–water partition coefficient (Wildman–Crippen LogP) is 4.11. The van der Waals surface area contributed by atoms with Gasteiger partial charge in [-0.2, -0.15) is 10.4 Å². The van der Waals surface area contributed by atoms with Crippen molar-refractivity contribution in [2.24, 2.45) is 4.99 Å². The van der Waals surface area contributed by atoms with Gasteiger partial charge in [0.15, 0.2) is 5.82 Å². The molecule has 0 radical (unpaired) electrons. The molecule has 2 aromatic carbocycles. The average molecular weight is 467 g/mol. The first kappa shape index (κ1) is 22.2. The molecule has 10 nitrogen and oxygen atoms in total. The topological polar surface area (TPSA) is 129 Å². The van der Waals surface area contributed by atoms with Crippen molar-refractivity contribution in [3.05, 3.63) is 75.7 Å². The van der Waals surface area contributed by atoms with E-state index < -0.39 is 18.2 Å². The van der Waals surface area contributed by atoms with Gasteiger partial charge >= 0.3 is 0 Å². The summed E-state index contributed by atoms with van der Waals surface area (Å²) in [7, 11) is -2.01. The lowest BCUT2D eigenvalue weighted by Crippen LogP contribution is -2.36. The zero-order valence-corrected chi connectivity index (χ0v) is 18.7. The number of aromatic nitrogens is 2. The number of fused-ring (bicyclic) bond motifs is 1. The van der Waals surface area contributed by atoms with Crippen LogP contribution in [0.15, 0.2) is 53.5 Å². The molecule has 1 atom stereocenters. The Labute approximate surface area is 188 Å². The molecule has 0 aliphatic carbocycles. The number of nitriles is 1. The number of aryl methyl sites for hydroxylation is 2. The van der Waals surface area contributed by atoms with E-state index in [0.717, 1.165) is 0 Å². The third-order valence-electron chi connectivity index (χ3n) is 5.21. The summed E-state index contributed by atoms with van der Waals surface area (Å²) in [6.07, 6.45) is 0.185. The summed E-state index contributed by atoms with van der Waals surface area (Å²) in [4.78, 5) is 15.2. The van der Waals surface area contributed by atoms with Crippen molar-refractivity contribution in [2.75, 3.05) is 12.1 Å². The largest absolute Gasteiger partial charge is 0.317 e. The molecule has 0 fully saturated rings. The third-order valence-corrected chi connectivity index (χ3v) is 7.94. The maximum Gasteiger partial charge on any atom is 0.296 e. The number of rotatable bonds is 6. The Morgan fingerprint density at radius 1 is 1.21 bits per heavy atom. The van der Waals surface area contributed by atoms with Crippen molar-refractivity contribution in [3.8, 4) is 6.07 Å². The zero-order valence-electron chi connectivity index (χ0n) is 17.8. The quantitative estimate of drug-likeness (QED) is 0.328. The lowest BCUT2D eigenvalue weighted by molar-refractivity contribution is -0.384. The molecule has 33 heavy (non-hydrogen) atoms. The fourth-order valence-corrected chi connectivity index (χ4v) is 6.01. The second-order valence-electron chi connectivity index (χ2n) is 7.35. The first-order chi connectivity index (χ1) is 15.7. The summed E-state index contributed by atoms with van der Waals surface area (Å²) >= 11 is 0. The van der Waals surface area contributed by atoms with Gasteiger partial charge in [-0.3, -0.25) is 19.3 Å². The second-order valence-corrected chi connectivity index (χ2v) is 9.77. The predicted molar refractivity (Wildman–Crippen MR) is 122 cm³/mol. The Kier molecular flexibility index (Phi) is 5.70. The van der Waals surface area contributed by atoms with Crippen molar-refractivity contribution < 1.29 is 13.9 Å². The van der Waals surface area contributed by atoms with Crippen molar-refractivity contribution >= 4 is 35.8 Å².